The first-order chi connectivity index (χ1) is 16.7. The Hall–Kier alpha value is -2.93. The fraction of sp³-hybridized carbons (Fsp3) is 0.609. The molecule has 0 aromatic heterocycles. The molecule has 1 aromatic rings. The molecule has 2 heterocycles. The number of carboxylic acid groups (broad SMARTS) is 1. The number of rotatable bonds is 5. The van der Waals surface area contributed by atoms with Crippen LogP contribution in [0.15, 0.2) is 16.6 Å². The topological polar surface area (TPSA) is 152 Å². The first-order valence-electron chi connectivity index (χ1n) is 11.6. The van der Waals surface area contributed by atoms with Crippen LogP contribution < -0.4 is 5.32 Å². The van der Waals surface area contributed by atoms with Crippen molar-refractivity contribution in [3.63, 3.8) is 0 Å². The second-order valence-electron chi connectivity index (χ2n) is 10.1. The van der Waals surface area contributed by atoms with Crippen LogP contribution in [0.3, 0.4) is 0 Å². The zero-order chi connectivity index (χ0) is 26.9. The minimum atomic E-state index is -1.22. The molecule has 2 N–H and O–H groups in total. The van der Waals surface area contributed by atoms with Gasteiger partial charge in [0.05, 0.1) is 22.7 Å². The molecule has 3 rings (SSSR count). The highest BCUT2D eigenvalue weighted by molar-refractivity contribution is 9.10. The van der Waals surface area contributed by atoms with Crippen molar-refractivity contribution in [2.45, 2.75) is 70.9 Å². The van der Waals surface area contributed by atoms with Crippen molar-refractivity contribution in [2.75, 3.05) is 25.0 Å². The molecule has 0 saturated carbocycles. The second-order valence-corrected chi connectivity index (χ2v) is 11.1. The van der Waals surface area contributed by atoms with Crippen molar-refractivity contribution in [3.05, 3.63) is 32.3 Å². The molecule has 36 heavy (non-hydrogen) atoms. The number of ether oxygens (including phenoxy) is 2. The SMILES string of the molecule is CC1CN(C(=O)c2cc(Br)cc([N+](=O)[O-])c2NC2CC(C(=O)O)N(C(=O)OC(C)(C)C)C2)CC(C)O1. The predicted molar refractivity (Wildman–Crippen MR) is 133 cm³/mol. The summed E-state index contributed by atoms with van der Waals surface area (Å²) in [6, 6.07) is 0.913. The van der Waals surface area contributed by atoms with Gasteiger partial charge in [-0.15, -0.1) is 0 Å². The molecule has 2 saturated heterocycles. The number of nitrogens with zero attached hydrogens (tertiary/aromatic N) is 3. The molecular formula is C23H31BrN4O8. The van der Waals surface area contributed by atoms with Crippen LogP contribution in [0, 0.1) is 10.1 Å². The van der Waals surface area contributed by atoms with E-state index < -0.39 is 40.6 Å². The number of carbonyl (C=O) groups excluding carboxylic acids is 2. The van der Waals surface area contributed by atoms with Crippen molar-refractivity contribution in [1.29, 1.82) is 0 Å². The molecule has 2 fully saturated rings. The first kappa shape index (κ1) is 27.7. The maximum Gasteiger partial charge on any atom is 0.411 e. The number of nitro groups is 1. The van der Waals surface area contributed by atoms with Crippen LogP contribution in [0.2, 0.25) is 0 Å². The van der Waals surface area contributed by atoms with Crippen LogP contribution in [0.1, 0.15) is 51.4 Å². The molecule has 0 aliphatic carbocycles. The lowest BCUT2D eigenvalue weighted by Gasteiger charge is -2.35. The molecule has 12 nitrogen and oxygen atoms in total. The summed E-state index contributed by atoms with van der Waals surface area (Å²) in [6.07, 6.45) is -1.23. The lowest BCUT2D eigenvalue weighted by molar-refractivity contribution is -0.384. The van der Waals surface area contributed by atoms with Crippen molar-refractivity contribution < 1.29 is 33.9 Å². The van der Waals surface area contributed by atoms with Crippen LogP contribution in [0.25, 0.3) is 0 Å². The zero-order valence-corrected chi connectivity index (χ0v) is 22.4. The summed E-state index contributed by atoms with van der Waals surface area (Å²) in [5, 5.41) is 24.6. The highest BCUT2D eigenvalue weighted by Gasteiger charge is 2.43. The number of halogens is 1. The van der Waals surface area contributed by atoms with Gasteiger partial charge in [-0.25, -0.2) is 9.59 Å². The maximum atomic E-state index is 13.5. The molecule has 4 unspecified atom stereocenters. The number of amides is 2. The van der Waals surface area contributed by atoms with Gasteiger partial charge >= 0.3 is 12.1 Å². The standard InChI is InChI=1S/C23H31BrN4O8/c1-12-9-26(10-13(2)35-12)20(29)16-6-14(24)7-17(28(33)34)19(16)25-15-8-18(21(30)31)27(11-15)22(32)36-23(3,4)5/h6-7,12-13,15,18,25H,8-11H2,1-5H3,(H,30,31). The summed E-state index contributed by atoms with van der Waals surface area (Å²) in [5.74, 6) is -1.64. The summed E-state index contributed by atoms with van der Waals surface area (Å²) in [6.45, 7) is 9.26. The number of likely N-dealkylation sites (tertiary alicyclic amines) is 1. The van der Waals surface area contributed by atoms with Crippen molar-refractivity contribution in [1.82, 2.24) is 9.80 Å². The summed E-state index contributed by atoms with van der Waals surface area (Å²) in [5.41, 5.74) is -1.13. The number of nitro benzene ring substituents is 1. The van der Waals surface area contributed by atoms with E-state index in [1.165, 1.54) is 12.1 Å². The molecule has 2 aliphatic rings. The Kier molecular flexibility index (Phi) is 8.13. The van der Waals surface area contributed by atoms with Gasteiger partial charge in [-0.2, -0.15) is 0 Å². The summed E-state index contributed by atoms with van der Waals surface area (Å²) in [4.78, 5) is 52.0. The summed E-state index contributed by atoms with van der Waals surface area (Å²) in [7, 11) is 0. The zero-order valence-electron chi connectivity index (χ0n) is 20.8. The van der Waals surface area contributed by atoms with Crippen molar-refractivity contribution in [2.24, 2.45) is 0 Å². The largest absolute Gasteiger partial charge is 0.480 e. The van der Waals surface area contributed by atoms with E-state index in [4.69, 9.17) is 9.47 Å². The van der Waals surface area contributed by atoms with Gasteiger partial charge in [0.25, 0.3) is 11.6 Å². The Morgan fingerprint density at radius 3 is 2.33 bits per heavy atom. The quantitative estimate of drug-likeness (QED) is 0.400. The average Bonchev–Trinajstić information content (AvgIpc) is 3.16. The van der Waals surface area contributed by atoms with Gasteiger partial charge in [0.2, 0.25) is 0 Å². The maximum absolute atomic E-state index is 13.5. The van der Waals surface area contributed by atoms with E-state index in [9.17, 15) is 29.6 Å². The average molecular weight is 571 g/mol. The highest BCUT2D eigenvalue weighted by atomic mass is 79.9. The Labute approximate surface area is 217 Å². The molecule has 198 valence electrons. The van der Waals surface area contributed by atoms with Gasteiger partial charge in [0.1, 0.15) is 17.3 Å². The van der Waals surface area contributed by atoms with Crippen LogP contribution in [-0.2, 0) is 14.3 Å². The Balaban J connectivity index is 1.95. The van der Waals surface area contributed by atoms with Crippen molar-refractivity contribution >= 4 is 45.3 Å². The van der Waals surface area contributed by atoms with E-state index in [1.54, 1.807) is 25.7 Å². The monoisotopic (exact) mass is 570 g/mol. The number of carboxylic acids is 1. The minimum absolute atomic E-state index is 0.0267. The van der Waals surface area contributed by atoms with E-state index >= 15 is 0 Å². The smallest absolute Gasteiger partial charge is 0.411 e. The molecule has 0 bridgehead atoms. The Morgan fingerprint density at radius 1 is 1.19 bits per heavy atom. The highest BCUT2D eigenvalue weighted by Crippen LogP contribution is 2.36. The Morgan fingerprint density at radius 2 is 1.81 bits per heavy atom. The number of anilines is 1. The van der Waals surface area contributed by atoms with Gasteiger partial charge in [0, 0.05) is 42.6 Å². The van der Waals surface area contributed by atoms with Gasteiger partial charge < -0.3 is 24.8 Å². The van der Waals surface area contributed by atoms with E-state index in [0.29, 0.717) is 17.6 Å². The number of aliphatic carboxylic acids is 1. The fourth-order valence-corrected chi connectivity index (χ4v) is 4.92. The molecular weight excluding hydrogens is 540 g/mol. The molecule has 2 aliphatic heterocycles. The second kappa shape index (κ2) is 10.6. The van der Waals surface area contributed by atoms with Crippen LogP contribution in [-0.4, -0.2) is 87.3 Å². The number of nitrogens with one attached hydrogen (secondary N) is 1. The van der Waals surface area contributed by atoms with E-state index in [0.717, 1.165) is 4.90 Å². The van der Waals surface area contributed by atoms with Gasteiger partial charge in [-0.1, -0.05) is 15.9 Å². The molecule has 1 aromatic carbocycles. The lowest BCUT2D eigenvalue weighted by atomic mass is 10.1. The third-order valence-corrected chi connectivity index (χ3v) is 6.24. The van der Waals surface area contributed by atoms with Crippen LogP contribution in [0.4, 0.5) is 16.2 Å². The number of hydrogen-bond donors (Lipinski definition) is 2. The fourth-order valence-electron chi connectivity index (χ4n) is 4.47. The number of carbonyl (C=O) groups is 3. The molecule has 2 amide bonds. The van der Waals surface area contributed by atoms with E-state index in [-0.39, 0.29) is 42.1 Å². The van der Waals surface area contributed by atoms with Crippen molar-refractivity contribution in [3.8, 4) is 0 Å². The number of morpholine rings is 1. The summed E-state index contributed by atoms with van der Waals surface area (Å²) >= 11 is 3.25. The molecule has 4 atom stereocenters. The third kappa shape index (κ3) is 6.44. The predicted octanol–water partition coefficient (Wildman–Crippen LogP) is 3.48. The number of hydrogen-bond acceptors (Lipinski definition) is 8. The molecule has 13 heteroatoms. The van der Waals surface area contributed by atoms with E-state index in [2.05, 4.69) is 21.2 Å². The van der Waals surface area contributed by atoms with Gasteiger partial charge in [-0.3, -0.25) is 19.8 Å². The number of benzene rings is 1. The van der Waals surface area contributed by atoms with Crippen LogP contribution >= 0.6 is 15.9 Å². The normalized spacial score (nSPS) is 24.4. The third-order valence-electron chi connectivity index (χ3n) is 5.78. The lowest BCUT2D eigenvalue weighted by Crippen LogP contribution is -2.48. The van der Waals surface area contributed by atoms with Gasteiger partial charge in [-0.05, 0) is 40.7 Å². The first-order valence-corrected chi connectivity index (χ1v) is 12.4. The van der Waals surface area contributed by atoms with Crippen LogP contribution in [0.5, 0.6) is 0 Å². The van der Waals surface area contributed by atoms with Gasteiger partial charge in [0.15, 0.2) is 0 Å². The molecule has 0 radical (unpaired) electrons. The minimum Gasteiger partial charge on any atom is -0.480 e. The van der Waals surface area contributed by atoms with E-state index in [1.807, 2.05) is 13.8 Å². The summed E-state index contributed by atoms with van der Waals surface area (Å²) < 4.78 is 11.4. The molecule has 0 spiro atoms. The Bertz CT molecular complexity index is 1050.